The lowest BCUT2D eigenvalue weighted by Crippen LogP contribution is -1.86. The van der Waals surface area contributed by atoms with Crippen LogP contribution in [-0.2, 0) is 0 Å². The molecule has 0 aliphatic carbocycles. The summed E-state index contributed by atoms with van der Waals surface area (Å²) in [6.07, 6.45) is 5.43. The van der Waals surface area contributed by atoms with Gasteiger partial charge in [0.15, 0.2) is 0 Å². The molecular formula is C13H9N3S. The van der Waals surface area contributed by atoms with Crippen LogP contribution in [-0.4, -0.2) is 15.2 Å². The maximum absolute atomic E-state index is 5.09. The van der Waals surface area contributed by atoms with Gasteiger partial charge in [-0.25, -0.2) is 0 Å². The first-order valence-electron chi connectivity index (χ1n) is 5.22. The van der Waals surface area contributed by atoms with Crippen LogP contribution in [0.25, 0.3) is 21.9 Å². The summed E-state index contributed by atoms with van der Waals surface area (Å²) in [5.74, 6) is 0. The molecule has 3 aromatic rings. The van der Waals surface area contributed by atoms with Gasteiger partial charge >= 0.3 is 0 Å². The summed E-state index contributed by atoms with van der Waals surface area (Å²) < 4.78 is 0.628. The maximum atomic E-state index is 5.09. The molecule has 0 aliphatic heterocycles. The summed E-state index contributed by atoms with van der Waals surface area (Å²) in [4.78, 5) is 4.17. The Morgan fingerprint density at radius 2 is 2.06 bits per heavy atom. The number of pyridine rings is 1. The van der Waals surface area contributed by atoms with Crippen molar-refractivity contribution in [3.05, 3.63) is 53.6 Å². The van der Waals surface area contributed by atoms with Crippen molar-refractivity contribution in [3.8, 4) is 11.1 Å². The van der Waals surface area contributed by atoms with E-state index in [1.807, 2.05) is 24.4 Å². The summed E-state index contributed by atoms with van der Waals surface area (Å²) in [5.41, 5.74) is 2.11. The summed E-state index contributed by atoms with van der Waals surface area (Å²) in [6, 6.07) is 10.0. The average Bonchev–Trinajstić information content (AvgIpc) is 2.38. The number of aromatic nitrogens is 3. The normalized spacial score (nSPS) is 10.6. The number of hydrogen-bond donors (Lipinski definition) is 1. The van der Waals surface area contributed by atoms with Crippen LogP contribution >= 0.6 is 12.2 Å². The standard InChI is InChI=1S/C13H9N3S/c17-13-6-10(7-15-16-13)11-3-1-2-9-4-5-14-8-12(9)11/h1-8H,(H,16,17). The molecule has 3 rings (SSSR count). The van der Waals surface area contributed by atoms with Gasteiger partial charge in [0, 0.05) is 23.3 Å². The van der Waals surface area contributed by atoms with Crippen LogP contribution in [0.4, 0.5) is 0 Å². The zero-order valence-electron chi connectivity index (χ0n) is 8.92. The molecule has 4 heteroatoms. The lowest BCUT2D eigenvalue weighted by molar-refractivity contribution is 1.02. The van der Waals surface area contributed by atoms with Crippen LogP contribution in [0, 0.1) is 4.64 Å². The third-order valence-corrected chi connectivity index (χ3v) is 2.87. The number of fused-ring (bicyclic) bond motifs is 1. The third kappa shape index (κ3) is 1.83. The van der Waals surface area contributed by atoms with E-state index in [4.69, 9.17) is 12.2 Å². The van der Waals surface area contributed by atoms with Crippen molar-refractivity contribution < 1.29 is 0 Å². The molecule has 0 bridgehead atoms. The quantitative estimate of drug-likeness (QED) is 0.662. The van der Waals surface area contributed by atoms with E-state index >= 15 is 0 Å². The summed E-state index contributed by atoms with van der Waals surface area (Å²) in [6.45, 7) is 0. The predicted octanol–water partition coefficient (Wildman–Crippen LogP) is 3.35. The van der Waals surface area contributed by atoms with Crippen LogP contribution in [0.3, 0.4) is 0 Å². The van der Waals surface area contributed by atoms with Crippen LogP contribution in [0.1, 0.15) is 0 Å². The van der Waals surface area contributed by atoms with Crippen LogP contribution in [0.2, 0.25) is 0 Å². The molecule has 0 unspecified atom stereocenters. The van der Waals surface area contributed by atoms with Gasteiger partial charge in [0.1, 0.15) is 4.64 Å². The Morgan fingerprint density at radius 3 is 2.94 bits per heavy atom. The van der Waals surface area contributed by atoms with Gasteiger partial charge in [0.2, 0.25) is 0 Å². The van der Waals surface area contributed by atoms with Gasteiger partial charge in [-0.05, 0) is 23.1 Å². The molecule has 1 aromatic carbocycles. The molecule has 0 saturated carbocycles. The van der Waals surface area contributed by atoms with Crippen molar-refractivity contribution in [1.29, 1.82) is 0 Å². The Kier molecular flexibility index (Phi) is 2.42. The second-order valence-electron chi connectivity index (χ2n) is 3.74. The van der Waals surface area contributed by atoms with Gasteiger partial charge in [0.05, 0.1) is 6.20 Å². The molecule has 0 atom stereocenters. The molecule has 0 fully saturated rings. The largest absolute Gasteiger partial charge is 0.268 e. The zero-order chi connectivity index (χ0) is 11.7. The molecule has 2 heterocycles. The first-order chi connectivity index (χ1) is 8.34. The highest BCUT2D eigenvalue weighted by Gasteiger charge is 2.03. The minimum Gasteiger partial charge on any atom is -0.268 e. The number of aromatic amines is 1. The molecule has 3 nitrogen and oxygen atoms in total. The van der Waals surface area contributed by atoms with Crippen molar-refractivity contribution in [1.82, 2.24) is 15.2 Å². The van der Waals surface area contributed by atoms with Gasteiger partial charge in [-0.2, -0.15) is 5.10 Å². The molecule has 0 spiro atoms. The molecule has 17 heavy (non-hydrogen) atoms. The number of rotatable bonds is 1. The molecular weight excluding hydrogens is 230 g/mol. The molecule has 0 radical (unpaired) electrons. The smallest absolute Gasteiger partial charge is 0.120 e. The first-order valence-corrected chi connectivity index (χ1v) is 5.63. The van der Waals surface area contributed by atoms with E-state index in [0.717, 1.165) is 21.9 Å². The fourth-order valence-electron chi connectivity index (χ4n) is 1.89. The van der Waals surface area contributed by atoms with Crippen molar-refractivity contribution >= 4 is 23.0 Å². The van der Waals surface area contributed by atoms with E-state index in [-0.39, 0.29) is 0 Å². The SMILES string of the molecule is S=c1cc(-c2cccc3ccncc23)cn[nH]1. The highest BCUT2D eigenvalue weighted by atomic mass is 32.1. The molecule has 0 saturated heterocycles. The zero-order valence-corrected chi connectivity index (χ0v) is 9.74. The minimum atomic E-state index is 0.628. The number of hydrogen-bond acceptors (Lipinski definition) is 3. The third-order valence-electron chi connectivity index (χ3n) is 2.66. The Bertz CT molecular complexity index is 728. The lowest BCUT2D eigenvalue weighted by atomic mass is 10.0. The number of nitrogens with zero attached hydrogens (tertiary/aromatic N) is 2. The molecule has 82 valence electrons. The lowest BCUT2D eigenvalue weighted by Gasteiger charge is -2.05. The fraction of sp³-hybridized carbons (Fsp3) is 0. The van der Waals surface area contributed by atoms with Gasteiger partial charge in [-0.3, -0.25) is 10.1 Å². The Labute approximate surface area is 103 Å². The van der Waals surface area contributed by atoms with Crippen molar-refractivity contribution in [2.75, 3.05) is 0 Å². The summed E-state index contributed by atoms with van der Waals surface area (Å²) in [5, 5.41) is 9.03. The Balaban J connectivity index is 2.34. The van der Waals surface area contributed by atoms with Crippen molar-refractivity contribution in [2.24, 2.45) is 0 Å². The highest BCUT2D eigenvalue weighted by molar-refractivity contribution is 7.71. The van der Waals surface area contributed by atoms with E-state index in [2.05, 4.69) is 27.3 Å². The van der Waals surface area contributed by atoms with Crippen molar-refractivity contribution in [2.45, 2.75) is 0 Å². The maximum Gasteiger partial charge on any atom is 0.120 e. The second kappa shape index (κ2) is 4.07. The minimum absolute atomic E-state index is 0.628. The van der Waals surface area contributed by atoms with E-state index in [1.165, 1.54) is 0 Å². The van der Waals surface area contributed by atoms with Crippen LogP contribution < -0.4 is 0 Å². The van der Waals surface area contributed by atoms with E-state index in [1.54, 1.807) is 12.4 Å². The van der Waals surface area contributed by atoms with E-state index in [0.29, 0.717) is 4.64 Å². The average molecular weight is 239 g/mol. The fourth-order valence-corrected chi connectivity index (χ4v) is 2.07. The monoisotopic (exact) mass is 239 g/mol. The van der Waals surface area contributed by atoms with E-state index < -0.39 is 0 Å². The van der Waals surface area contributed by atoms with Gasteiger partial charge in [-0.15, -0.1) is 0 Å². The first kappa shape index (κ1) is 10.1. The van der Waals surface area contributed by atoms with E-state index in [9.17, 15) is 0 Å². The van der Waals surface area contributed by atoms with Crippen LogP contribution in [0.5, 0.6) is 0 Å². The molecule has 0 amide bonds. The van der Waals surface area contributed by atoms with Gasteiger partial charge in [0.25, 0.3) is 0 Å². The molecule has 1 N–H and O–H groups in total. The second-order valence-corrected chi connectivity index (χ2v) is 4.18. The molecule has 2 aromatic heterocycles. The van der Waals surface area contributed by atoms with Crippen molar-refractivity contribution in [3.63, 3.8) is 0 Å². The van der Waals surface area contributed by atoms with Gasteiger partial charge < -0.3 is 0 Å². The predicted molar refractivity (Wildman–Crippen MR) is 70.2 cm³/mol. The topological polar surface area (TPSA) is 41.6 Å². The number of H-pyrrole nitrogens is 1. The van der Waals surface area contributed by atoms with Gasteiger partial charge in [-0.1, -0.05) is 30.4 Å². The van der Waals surface area contributed by atoms with Crippen LogP contribution in [0.15, 0.2) is 48.9 Å². The number of nitrogens with one attached hydrogen (secondary N) is 1. The molecule has 0 aliphatic rings. The Morgan fingerprint density at radius 1 is 1.12 bits per heavy atom. The summed E-state index contributed by atoms with van der Waals surface area (Å²) >= 11 is 5.09. The summed E-state index contributed by atoms with van der Waals surface area (Å²) in [7, 11) is 0. The highest BCUT2D eigenvalue weighted by Crippen LogP contribution is 2.26. The Hall–Kier alpha value is -2.07. The number of benzene rings is 1.